The van der Waals surface area contributed by atoms with E-state index in [9.17, 15) is 8.78 Å². The van der Waals surface area contributed by atoms with Crippen molar-refractivity contribution in [2.45, 2.75) is 18.8 Å². The second kappa shape index (κ2) is 3.72. The molecule has 1 aliphatic rings. The maximum atomic E-state index is 12.9. The van der Waals surface area contributed by atoms with E-state index in [1.165, 1.54) is 11.8 Å². The minimum absolute atomic E-state index is 0.00222. The predicted molar refractivity (Wildman–Crippen MR) is 44.1 cm³/mol. The smallest absolute Gasteiger partial charge is 0.260 e. The summed E-state index contributed by atoms with van der Waals surface area (Å²) in [5.74, 6) is -2.24. The van der Waals surface area contributed by atoms with Crippen molar-refractivity contribution < 1.29 is 8.78 Å². The largest absolute Gasteiger partial charge is 0.330 e. The Morgan fingerprint density at radius 2 is 2.27 bits per heavy atom. The van der Waals surface area contributed by atoms with Crippen LogP contribution in [0.15, 0.2) is 0 Å². The molecule has 0 aromatic rings. The second-order valence-corrected chi connectivity index (χ2v) is 3.93. The van der Waals surface area contributed by atoms with Crippen molar-refractivity contribution in [2.75, 3.05) is 18.1 Å². The van der Waals surface area contributed by atoms with Gasteiger partial charge in [-0.15, -0.1) is 0 Å². The molecule has 66 valence electrons. The van der Waals surface area contributed by atoms with E-state index in [0.29, 0.717) is 18.7 Å². The number of thioether (sulfide) groups is 1. The number of hydrogen-bond acceptors (Lipinski definition) is 2. The summed E-state index contributed by atoms with van der Waals surface area (Å²) >= 11 is 1.35. The van der Waals surface area contributed by atoms with Gasteiger partial charge in [0.15, 0.2) is 0 Å². The molecule has 1 rings (SSSR count). The number of nitrogens with two attached hydrogens (primary N) is 1. The van der Waals surface area contributed by atoms with Gasteiger partial charge in [-0.25, -0.2) is 8.78 Å². The quantitative estimate of drug-likeness (QED) is 0.717. The highest BCUT2D eigenvalue weighted by Gasteiger charge is 2.43. The molecule has 0 aromatic carbocycles. The van der Waals surface area contributed by atoms with Crippen LogP contribution in [-0.2, 0) is 0 Å². The Labute approximate surface area is 69.7 Å². The summed E-state index contributed by atoms with van der Waals surface area (Å²) in [5.41, 5.74) is 5.24. The topological polar surface area (TPSA) is 26.0 Å². The number of hydrogen-bond donors (Lipinski definition) is 1. The van der Waals surface area contributed by atoms with Gasteiger partial charge in [0.05, 0.1) is 5.75 Å². The van der Waals surface area contributed by atoms with Gasteiger partial charge >= 0.3 is 0 Å². The molecule has 0 amide bonds. The molecule has 4 heteroatoms. The third kappa shape index (κ3) is 2.30. The van der Waals surface area contributed by atoms with Crippen molar-refractivity contribution in [3.8, 4) is 0 Å². The van der Waals surface area contributed by atoms with Gasteiger partial charge in [0.1, 0.15) is 0 Å². The van der Waals surface area contributed by atoms with Gasteiger partial charge in [-0.3, -0.25) is 0 Å². The van der Waals surface area contributed by atoms with Gasteiger partial charge in [0.25, 0.3) is 5.92 Å². The first-order valence-corrected chi connectivity index (χ1v) is 4.98. The molecule has 1 unspecified atom stereocenters. The number of rotatable bonds is 3. The molecule has 1 atom stereocenters. The molecule has 11 heavy (non-hydrogen) atoms. The Morgan fingerprint density at radius 1 is 1.55 bits per heavy atom. The minimum atomic E-state index is -2.43. The zero-order valence-electron chi connectivity index (χ0n) is 6.35. The molecule has 1 nitrogen and oxygen atoms in total. The Kier molecular flexibility index (Phi) is 3.13. The third-order valence-electron chi connectivity index (χ3n) is 1.97. The Balaban J connectivity index is 2.32. The molecule has 0 aliphatic carbocycles. The van der Waals surface area contributed by atoms with Gasteiger partial charge < -0.3 is 5.73 Å². The lowest BCUT2D eigenvalue weighted by Gasteiger charge is -2.16. The highest BCUT2D eigenvalue weighted by atomic mass is 32.2. The van der Waals surface area contributed by atoms with E-state index in [4.69, 9.17) is 5.73 Å². The highest BCUT2D eigenvalue weighted by molar-refractivity contribution is 7.99. The van der Waals surface area contributed by atoms with Crippen LogP contribution in [0.4, 0.5) is 8.78 Å². The molecule has 1 saturated heterocycles. The van der Waals surface area contributed by atoms with Gasteiger partial charge in [0, 0.05) is 11.7 Å². The van der Waals surface area contributed by atoms with Crippen LogP contribution in [0.3, 0.4) is 0 Å². The van der Waals surface area contributed by atoms with Crippen LogP contribution in [0, 0.1) is 5.92 Å². The van der Waals surface area contributed by atoms with Crippen LogP contribution in [0.25, 0.3) is 0 Å². The molecule has 0 saturated carbocycles. The molecule has 1 fully saturated rings. The molecule has 1 heterocycles. The van der Waals surface area contributed by atoms with E-state index in [0.717, 1.165) is 6.42 Å². The number of alkyl halides is 2. The molecule has 0 bridgehead atoms. The fourth-order valence-electron chi connectivity index (χ4n) is 1.24. The van der Waals surface area contributed by atoms with Crippen molar-refractivity contribution in [2.24, 2.45) is 11.7 Å². The zero-order valence-corrected chi connectivity index (χ0v) is 7.17. The first-order chi connectivity index (χ1) is 5.17. The summed E-state index contributed by atoms with van der Waals surface area (Å²) < 4.78 is 25.7. The van der Waals surface area contributed by atoms with Gasteiger partial charge in [-0.2, -0.15) is 11.8 Å². The fraction of sp³-hybridized carbons (Fsp3) is 1.00. The summed E-state index contributed by atoms with van der Waals surface area (Å²) in [5, 5.41) is 0. The predicted octanol–water partition coefficient (Wildman–Crippen LogP) is 1.72. The zero-order chi connectivity index (χ0) is 8.32. The Bertz CT molecular complexity index is 130. The first kappa shape index (κ1) is 9.26. The molecule has 0 radical (unpaired) electrons. The molecule has 0 aromatic heterocycles. The Morgan fingerprint density at radius 3 is 2.73 bits per heavy atom. The second-order valence-electron chi connectivity index (χ2n) is 2.90. The molecular weight excluding hydrogens is 168 g/mol. The van der Waals surface area contributed by atoms with Crippen LogP contribution >= 0.6 is 11.8 Å². The van der Waals surface area contributed by atoms with E-state index >= 15 is 0 Å². The van der Waals surface area contributed by atoms with E-state index in [1.54, 1.807) is 0 Å². The summed E-state index contributed by atoms with van der Waals surface area (Å²) in [4.78, 5) is 0. The maximum absolute atomic E-state index is 12.9. The van der Waals surface area contributed by atoms with Crippen LogP contribution in [0.1, 0.15) is 12.8 Å². The van der Waals surface area contributed by atoms with Crippen molar-refractivity contribution in [1.29, 1.82) is 0 Å². The molecule has 1 aliphatic heterocycles. The lowest BCUT2D eigenvalue weighted by molar-refractivity contribution is -0.0213. The van der Waals surface area contributed by atoms with Crippen LogP contribution in [0.2, 0.25) is 0 Å². The highest BCUT2D eigenvalue weighted by Crippen LogP contribution is 2.40. The summed E-state index contributed by atoms with van der Waals surface area (Å²) in [6.07, 6.45) is 1.30. The minimum Gasteiger partial charge on any atom is -0.330 e. The molecular formula is C7H13F2NS. The van der Waals surface area contributed by atoms with E-state index < -0.39 is 11.8 Å². The van der Waals surface area contributed by atoms with Crippen molar-refractivity contribution in [3.63, 3.8) is 0 Å². The monoisotopic (exact) mass is 181 g/mol. The summed E-state index contributed by atoms with van der Waals surface area (Å²) in [7, 11) is 0. The lowest BCUT2D eigenvalue weighted by atomic mass is 9.99. The Hall–Kier alpha value is 0.170. The van der Waals surface area contributed by atoms with Crippen molar-refractivity contribution in [1.82, 2.24) is 0 Å². The lowest BCUT2D eigenvalue weighted by Crippen LogP contribution is -2.26. The molecule has 0 spiro atoms. The first-order valence-electron chi connectivity index (χ1n) is 3.82. The fourth-order valence-corrected chi connectivity index (χ4v) is 2.56. The summed E-state index contributed by atoms with van der Waals surface area (Å²) in [6, 6.07) is 0. The van der Waals surface area contributed by atoms with Gasteiger partial charge in [0.2, 0.25) is 0 Å². The van der Waals surface area contributed by atoms with E-state index in [-0.39, 0.29) is 5.75 Å². The number of halogens is 2. The summed E-state index contributed by atoms with van der Waals surface area (Å²) in [6.45, 7) is 0.525. The average molecular weight is 181 g/mol. The van der Waals surface area contributed by atoms with Crippen LogP contribution in [-0.4, -0.2) is 24.0 Å². The average Bonchev–Trinajstić information content (AvgIpc) is 2.25. The van der Waals surface area contributed by atoms with Crippen LogP contribution in [0.5, 0.6) is 0 Å². The van der Waals surface area contributed by atoms with Crippen molar-refractivity contribution >= 4 is 11.8 Å². The van der Waals surface area contributed by atoms with Crippen molar-refractivity contribution in [3.05, 3.63) is 0 Å². The van der Waals surface area contributed by atoms with Crippen LogP contribution < -0.4 is 5.73 Å². The normalized spacial score (nSPS) is 29.2. The van der Waals surface area contributed by atoms with E-state index in [2.05, 4.69) is 0 Å². The standard InChI is InChI=1S/C7H13F2NS/c8-7(9)5-11-4-6(7)2-1-3-10/h6H,1-5,10H2. The molecule has 2 N–H and O–H groups in total. The third-order valence-corrected chi connectivity index (χ3v) is 3.19. The maximum Gasteiger partial charge on any atom is 0.260 e. The van der Waals surface area contributed by atoms with Gasteiger partial charge in [-0.05, 0) is 19.4 Å². The SMILES string of the molecule is NCCCC1CSCC1(F)F. The van der Waals surface area contributed by atoms with Gasteiger partial charge in [-0.1, -0.05) is 0 Å². The van der Waals surface area contributed by atoms with E-state index in [1.807, 2.05) is 0 Å².